The number of phenolic OH excluding ortho intramolecular Hbond substituents is 1. The third kappa shape index (κ3) is 10.9. The Morgan fingerprint density at radius 2 is 1.42 bits per heavy atom. The number of rotatable bonds is 16. The number of thiol groups is 1. The van der Waals surface area contributed by atoms with Crippen LogP contribution in [0.15, 0.2) is 24.3 Å². The summed E-state index contributed by atoms with van der Waals surface area (Å²) in [7, 11) is 0. The zero-order valence-corrected chi connectivity index (χ0v) is 20.4. The van der Waals surface area contributed by atoms with Crippen molar-refractivity contribution in [2.24, 2.45) is 11.5 Å². The molecule has 0 spiro atoms. The molecule has 0 aliphatic heterocycles. The fourth-order valence-electron chi connectivity index (χ4n) is 3.12. The predicted molar refractivity (Wildman–Crippen MR) is 132 cm³/mol. The molecule has 0 aliphatic carbocycles. The maximum absolute atomic E-state index is 12.9. The molecule has 1 aromatic carbocycles. The number of unbranched alkanes of at least 4 members (excludes halogenated alkanes) is 1. The summed E-state index contributed by atoms with van der Waals surface area (Å²) in [6, 6.07) is 0.451. The Morgan fingerprint density at radius 3 is 1.94 bits per heavy atom. The minimum atomic E-state index is -1.62. The molecular formula is C22H33N5O8S. The summed E-state index contributed by atoms with van der Waals surface area (Å²) in [4.78, 5) is 60.9. The highest BCUT2D eigenvalue weighted by atomic mass is 32.1. The molecule has 0 aromatic heterocycles. The number of phenols is 1. The molecular weight excluding hydrogens is 494 g/mol. The first-order valence-corrected chi connectivity index (χ1v) is 11.8. The van der Waals surface area contributed by atoms with E-state index in [1.807, 2.05) is 0 Å². The second-order valence-electron chi connectivity index (χ2n) is 8.06. The first kappa shape index (κ1) is 30.7. The number of aromatic hydroxyl groups is 1. The number of amides is 3. The zero-order valence-electron chi connectivity index (χ0n) is 19.6. The van der Waals surface area contributed by atoms with Gasteiger partial charge in [0.25, 0.3) is 0 Å². The van der Waals surface area contributed by atoms with Gasteiger partial charge in [0, 0.05) is 12.2 Å². The molecule has 200 valence electrons. The van der Waals surface area contributed by atoms with Crippen molar-refractivity contribution in [3.63, 3.8) is 0 Å². The third-order valence-electron chi connectivity index (χ3n) is 5.12. The molecule has 13 nitrogen and oxygen atoms in total. The van der Waals surface area contributed by atoms with Crippen LogP contribution in [0.25, 0.3) is 0 Å². The van der Waals surface area contributed by atoms with E-state index in [9.17, 15) is 39.3 Å². The number of hydrogen-bond acceptors (Lipinski definition) is 9. The molecule has 0 saturated heterocycles. The second-order valence-corrected chi connectivity index (χ2v) is 8.43. The van der Waals surface area contributed by atoms with Crippen LogP contribution >= 0.6 is 12.6 Å². The van der Waals surface area contributed by atoms with Crippen molar-refractivity contribution in [1.29, 1.82) is 0 Å². The number of carbonyl (C=O) groups is 5. The van der Waals surface area contributed by atoms with Gasteiger partial charge in [0.05, 0.1) is 12.5 Å². The standard InChI is InChI=1S/C22H33N5O8S/c23-8-2-1-3-15(25-19(31)14(24)11-36)20(32)26-16(10-18(29)30)21(33)27-17(22(34)35)9-12-4-6-13(28)7-5-12/h4-7,14-17,28,36H,1-3,8-11,23-24H2,(H,25,31)(H,26,32)(H,27,33)(H,29,30)(H,34,35). The molecule has 0 saturated carbocycles. The maximum atomic E-state index is 12.9. The van der Waals surface area contributed by atoms with Crippen LogP contribution in [0.1, 0.15) is 31.2 Å². The highest BCUT2D eigenvalue weighted by Crippen LogP contribution is 2.12. The minimum Gasteiger partial charge on any atom is -0.508 e. The van der Waals surface area contributed by atoms with E-state index < -0.39 is 60.2 Å². The zero-order chi connectivity index (χ0) is 27.3. The summed E-state index contributed by atoms with van der Waals surface area (Å²) in [6.45, 7) is 0.347. The summed E-state index contributed by atoms with van der Waals surface area (Å²) in [5.74, 6) is -5.33. The van der Waals surface area contributed by atoms with Crippen LogP contribution in [0.4, 0.5) is 0 Å². The Bertz CT molecular complexity index is 914. The molecule has 14 heteroatoms. The van der Waals surface area contributed by atoms with E-state index in [2.05, 4.69) is 28.6 Å². The number of carbonyl (C=O) groups excluding carboxylic acids is 3. The Hall–Kier alpha value is -3.36. The molecule has 0 bridgehead atoms. The number of carboxylic acid groups (broad SMARTS) is 2. The van der Waals surface area contributed by atoms with Gasteiger partial charge >= 0.3 is 11.9 Å². The topological polar surface area (TPSA) is 234 Å². The van der Waals surface area contributed by atoms with Crippen LogP contribution in [-0.4, -0.2) is 81.4 Å². The van der Waals surface area contributed by atoms with Crippen molar-refractivity contribution >= 4 is 42.3 Å². The maximum Gasteiger partial charge on any atom is 0.326 e. The van der Waals surface area contributed by atoms with E-state index in [1.54, 1.807) is 0 Å². The molecule has 0 fully saturated rings. The van der Waals surface area contributed by atoms with Crippen LogP contribution < -0.4 is 27.4 Å². The Kier molecular flexibility index (Phi) is 13.3. The molecule has 4 atom stereocenters. The number of nitrogens with one attached hydrogen (secondary N) is 3. The van der Waals surface area contributed by atoms with Crippen LogP contribution in [0.2, 0.25) is 0 Å². The Balaban J connectivity index is 3.00. The van der Waals surface area contributed by atoms with Crippen LogP contribution in [0, 0.1) is 0 Å². The average molecular weight is 528 g/mol. The number of benzene rings is 1. The van der Waals surface area contributed by atoms with E-state index in [0.717, 1.165) is 0 Å². The predicted octanol–water partition coefficient (Wildman–Crippen LogP) is -1.67. The smallest absolute Gasteiger partial charge is 0.326 e. The number of carboxylic acids is 2. The lowest BCUT2D eigenvalue weighted by atomic mass is 10.0. The van der Waals surface area contributed by atoms with Gasteiger partial charge < -0.3 is 42.7 Å². The van der Waals surface area contributed by atoms with Crippen molar-refractivity contribution in [1.82, 2.24) is 16.0 Å². The van der Waals surface area contributed by atoms with E-state index >= 15 is 0 Å². The molecule has 3 amide bonds. The number of aliphatic carboxylic acids is 2. The van der Waals surface area contributed by atoms with Gasteiger partial charge in [-0.2, -0.15) is 12.6 Å². The number of nitrogens with two attached hydrogens (primary N) is 2. The SMILES string of the molecule is NCCCCC(NC(=O)C(N)CS)C(=O)NC(CC(=O)O)C(=O)NC(Cc1ccc(O)cc1)C(=O)O. The summed E-state index contributed by atoms with van der Waals surface area (Å²) < 4.78 is 0. The molecule has 1 aromatic rings. The van der Waals surface area contributed by atoms with Crippen molar-refractivity contribution in [2.75, 3.05) is 12.3 Å². The van der Waals surface area contributed by atoms with E-state index in [4.69, 9.17) is 11.5 Å². The lowest BCUT2D eigenvalue weighted by Gasteiger charge is -2.24. The first-order valence-electron chi connectivity index (χ1n) is 11.2. The average Bonchev–Trinajstić information content (AvgIpc) is 2.82. The highest BCUT2D eigenvalue weighted by molar-refractivity contribution is 7.80. The van der Waals surface area contributed by atoms with Crippen molar-refractivity contribution in [3.8, 4) is 5.75 Å². The molecule has 36 heavy (non-hydrogen) atoms. The van der Waals surface area contributed by atoms with Crippen LogP contribution in [0.5, 0.6) is 5.75 Å². The van der Waals surface area contributed by atoms with Gasteiger partial charge in [-0.25, -0.2) is 4.79 Å². The summed E-state index contributed by atoms with van der Waals surface area (Å²) >= 11 is 3.94. The van der Waals surface area contributed by atoms with Gasteiger partial charge in [-0.1, -0.05) is 12.1 Å². The normalized spacial score (nSPS) is 14.1. The van der Waals surface area contributed by atoms with Gasteiger partial charge in [-0.3, -0.25) is 19.2 Å². The van der Waals surface area contributed by atoms with Crippen LogP contribution in [-0.2, 0) is 30.4 Å². The second kappa shape index (κ2) is 15.6. The van der Waals surface area contributed by atoms with Crippen molar-refractivity contribution in [2.45, 2.75) is 56.3 Å². The monoisotopic (exact) mass is 527 g/mol. The third-order valence-corrected chi connectivity index (χ3v) is 5.51. The van der Waals surface area contributed by atoms with E-state index in [-0.39, 0.29) is 24.3 Å². The Labute approximate surface area is 213 Å². The minimum absolute atomic E-state index is 0.0185. The van der Waals surface area contributed by atoms with Crippen molar-refractivity contribution < 1.29 is 39.3 Å². The number of hydrogen-bond donors (Lipinski definition) is 9. The van der Waals surface area contributed by atoms with Gasteiger partial charge in [0.2, 0.25) is 17.7 Å². The molecule has 0 heterocycles. The highest BCUT2D eigenvalue weighted by Gasteiger charge is 2.31. The first-order chi connectivity index (χ1) is 17.0. The Morgan fingerprint density at radius 1 is 0.861 bits per heavy atom. The molecule has 1 rings (SSSR count). The molecule has 4 unspecified atom stereocenters. The fraction of sp³-hybridized carbons (Fsp3) is 0.500. The van der Waals surface area contributed by atoms with E-state index in [1.165, 1.54) is 24.3 Å². The van der Waals surface area contributed by atoms with Gasteiger partial charge in [0.15, 0.2) is 0 Å². The van der Waals surface area contributed by atoms with Gasteiger partial charge in [0.1, 0.15) is 23.9 Å². The summed E-state index contributed by atoms with van der Waals surface area (Å²) in [6.07, 6.45) is 0.161. The van der Waals surface area contributed by atoms with Crippen molar-refractivity contribution in [3.05, 3.63) is 29.8 Å². The largest absolute Gasteiger partial charge is 0.508 e. The summed E-state index contributed by atoms with van der Waals surface area (Å²) in [5, 5.41) is 35.1. The van der Waals surface area contributed by atoms with Gasteiger partial charge in [-0.05, 0) is 43.5 Å². The lowest BCUT2D eigenvalue weighted by molar-refractivity contribution is -0.143. The fourth-order valence-corrected chi connectivity index (χ4v) is 3.29. The molecule has 0 radical (unpaired) electrons. The molecule has 0 aliphatic rings. The quantitative estimate of drug-likeness (QED) is 0.0876. The lowest BCUT2D eigenvalue weighted by Crippen LogP contribution is -2.57. The van der Waals surface area contributed by atoms with E-state index in [0.29, 0.717) is 24.9 Å². The molecule has 10 N–H and O–H groups in total. The van der Waals surface area contributed by atoms with Gasteiger partial charge in [-0.15, -0.1) is 0 Å². The van der Waals surface area contributed by atoms with Crippen LogP contribution in [0.3, 0.4) is 0 Å². The summed E-state index contributed by atoms with van der Waals surface area (Å²) in [5.41, 5.74) is 11.6.